The normalized spacial score (nSPS) is 17.1. The van der Waals surface area contributed by atoms with E-state index in [9.17, 15) is 9.59 Å². The Morgan fingerprint density at radius 3 is 2.59 bits per heavy atom. The molecule has 0 spiro atoms. The van der Waals surface area contributed by atoms with Gasteiger partial charge in [0.05, 0.1) is 11.0 Å². The molecule has 3 aromatic rings. The fraction of sp³-hybridized carbons (Fsp3) is 0.391. The zero-order chi connectivity index (χ0) is 20.2. The molecule has 0 bridgehead atoms. The third-order valence-corrected chi connectivity index (χ3v) is 5.87. The van der Waals surface area contributed by atoms with E-state index in [-0.39, 0.29) is 18.1 Å². The molecule has 6 nitrogen and oxygen atoms in total. The monoisotopic (exact) mass is 392 g/mol. The molecule has 2 heterocycles. The van der Waals surface area contributed by atoms with Crippen LogP contribution in [0.25, 0.3) is 11.0 Å². The first-order chi connectivity index (χ1) is 14.1. The minimum absolute atomic E-state index is 0.0601. The van der Waals surface area contributed by atoms with Crippen molar-refractivity contribution >= 4 is 16.9 Å². The van der Waals surface area contributed by atoms with Crippen molar-refractivity contribution in [1.82, 2.24) is 19.4 Å². The van der Waals surface area contributed by atoms with Gasteiger partial charge >= 0.3 is 5.69 Å². The Hall–Kier alpha value is -2.86. The van der Waals surface area contributed by atoms with Gasteiger partial charge in [-0.1, -0.05) is 42.5 Å². The summed E-state index contributed by atoms with van der Waals surface area (Å²) in [7, 11) is 1.74. The average Bonchev–Trinajstić information content (AvgIpc) is 3.30. The highest BCUT2D eigenvalue weighted by Crippen LogP contribution is 2.16. The van der Waals surface area contributed by atoms with Gasteiger partial charge in [-0.15, -0.1) is 0 Å². The number of imidazole rings is 1. The Morgan fingerprint density at radius 2 is 1.79 bits per heavy atom. The highest BCUT2D eigenvalue weighted by atomic mass is 16.2. The molecule has 0 saturated carbocycles. The molecule has 1 aromatic heterocycles. The molecule has 1 N–H and O–H groups in total. The van der Waals surface area contributed by atoms with Crippen LogP contribution in [-0.2, 0) is 24.8 Å². The summed E-state index contributed by atoms with van der Waals surface area (Å²) in [4.78, 5) is 27.4. The van der Waals surface area contributed by atoms with Crippen LogP contribution in [0, 0.1) is 5.92 Å². The van der Waals surface area contributed by atoms with E-state index in [1.165, 1.54) is 5.56 Å². The molecule has 6 heteroatoms. The zero-order valence-corrected chi connectivity index (χ0v) is 16.9. The van der Waals surface area contributed by atoms with Crippen LogP contribution in [0.3, 0.4) is 0 Å². The van der Waals surface area contributed by atoms with E-state index in [4.69, 9.17) is 0 Å². The number of hydrogen-bond donors (Lipinski definition) is 1. The number of para-hydroxylation sites is 2. The zero-order valence-electron chi connectivity index (χ0n) is 16.9. The van der Waals surface area contributed by atoms with Gasteiger partial charge in [-0.2, -0.15) is 0 Å². The van der Waals surface area contributed by atoms with Gasteiger partial charge in [0.25, 0.3) is 0 Å². The van der Waals surface area contributed by atoms with E-state index >= 15 is 0 Å². The summed E-state index contributed by atoms with van der Waals surface area (Å²) < 4.78 is 3.13. The number of hydrogen-bond acceptors (Lipinski definition) is 3. The molecule has 1 saturated heterocycles. The van der Waals surface area contributed by atoms with Gasteiger partial charge in [0.1, 0.15) is 6.54 Å². The number of carbonyl (C=O) groups is 1. The number of nitrogens with zero attached hydrogens (tertiary/aromatic N) is 3. The van der Waals surface area contributed by atoms with Crippen molar-refractivity contribution in [2.24, 2.45) is 13.0 Å². The number of amides is 1. The van der Waals surface area contributed by atoms with Crippen molar-refractivity contribution in [3.63, 3.8) is 0 Å². The molecule has 0 aliphatic carbocycles. The minimum Gasteiger partial charge on any atom is -0.354 e. The number of carbonyl (C=O) groups excluding carboxylic acids is 1. The summed E-state index contributed by atoms with van der Waals surface area (Å²) in [6, 6.07) is 18.1. The average molecular weight is 393 g/mol. The second-order valence-electron chi connectivity index (χ2n) is 7.91. The van der Waals surface area contributed by atoms with Crippen molar-refractivity contribution in [3.05, 3.63) is 70.6 Å². The summed E-state index contributed by atoms with van der Waals surface area (Å²) in [6.07, 6.45) is 2.16. The lowest BCUT2D eigenvalue weighted by Gasteiger charge is -2.16. The molecule has 4 rings (SSSR count). The first-order valence-electron chi connectivity index (χ1n) is 10.3. The van der Waals surface area contributed by atoms with Gasteiger partial charge in [0, 0.05) is 26.7 Å². The van der Waals surface area contributed by atoms with Crippen molar-refractivity contribution in [2.75, 3.05) is 26.2 Å². The van der Waals surface area contributed by atoms with Crippen LogP contribution < -0.4 is 11.0 Å². The predicted octanol–water partition coefficient (Wildman–Crippen LogP) is 2.02. The second kappa shape index (κ2) is 8.66. The van der Waals surface area contributed by atoms with E-state index < -0.39 is 0 Å². The number of aromatic nitrogens is 2. The van der Waals surface area contributed by atoms with Crippen LogP contribution in [0.2, 0.25) is 0 Å². The Kier molecular flexibility index (Phi) is 5.81. The first-order valence-corrected chi connectivity index (χ1v) is 10.3. The highest BCUT2D eigenvalue weighted by molar-refractivity contribution is 5.80. The highest BCUT2D eigenvalue weighted by Gasteiger charge is 2.23. The molecule has 0 radical (unpaired) electrons. The summed E-state index contributed by atoms with van der Waals surface area (Å²) in [6.45, 7) is 3.88. The van der Waals surface area contributed by atoms with Crippen LogP contribution in [0.15, 0.2) is 59.4 Å². The van der Waals surface area contributed by atoms with Crippen LogP contribution in [0.4, 0.5) is 0 Å². The Labute approximate surface area is 170 Å². The molecule has 152 valence electrons. The Morgan fingerprint density at radius 1 is 1.07 bits per heavy atom. The molecular formula is C23H28N4O2. The molecule has 1 aliphatic heterocycles. The molecule has 2 aromatic carbocycles. The molecule has 29 heavy (non-hydrogen) atoms. The fourth-order valence-electron chi connectivity index (χ4n) is 4.19. The first kappa shape index (κ1) is 19.5. The number of likely N-dealkylation sites (tertiary alicyclic amines) is 1. The maximum absolute atomic E-state index is 12.5. The van der Waals surface area contributed by atoms with E-state index in [1.807, 2.05) is 30.3 Å². The lowest BCUT2D eigenvalue weighted by Crippen LogP contribution is -2.36. The predicted molar refractivity (Wildman–Crippen MR) is 115 cm³/mol. The van der Waals surface area contributed by atoms with Crippen LogP contribution in [-0.4, -0.2) is 46.1 Å². The molecule has 1 atom stereocenters. The van der Waals surface area contributed by atoms with Crippen LogP contribution >= 0.6 is 0 Å². The van der Waals surface area contributed by atoms with Crippen molar-refractivity contribution < 1.29 is 4.79 Å². The smallest absolute Gasteiger partial charge is 0.329 e. The van der Waals surface area contributed by atoms with Gasteiger partial charge in [-0.3, -0.25) is 13.9 Å². The second-order valence-corrected chi connectivity index (χ2v) is 7.91. The minimum atomic E-state index is -0.158. The Bertz CT molecular complexity index is 1040. The van der Waals surface area contributed by atoms with Crippen molar-refractivity contribution in [2.45, 2.75) is 19.4 Å². The quantitative estimate of drug-likeness (QED) is 0.669. The van der Waals surface area contributed by atoms with E-state index in [2.05, 4.69) is 34.5 Å². The van der Waals surface area contributed by atoms with Gasteiger partial charge < -0.3 is 10.2 Å². The van der Waals surface area contributed by atoms with Crippen molar-refractivity contribution in [1.29, 1.82) is 0 Å². The van der Waals surface area contributed by atoms with E-state index in [1.54, 1.807) is 16.2 Å². The standard InChI is InChI=1S/C23H28N4O2/c1-25-20-9-5-6-10-21(20)27(23(25)29)17-22(28)24-15-19-12-14-26(16-19)13-11-18-7-3-2-4-8-18/h2-10,19H,11-17H2,1H3,(H,24,28). The van der Waals surface area contributed by atoms with E-state index in [0.717, 1.165) is 43.5 Å². The SMILES string of the molecule is Cn1c(=O)n(CC(=O)NCC2CCN(CCc3ccccc3)C2)c2ccccc21. The third-order valence-electron chi connectivity index (χ3n) is 5.87. The van der Waals surface area contributed by atoms with E-state index in [0.29, 0.717) is 12.5 Å². The number of rotatable bonds is 7. The number of benzene rings is 2. The number of aryl methyl sites for hydroxylation is 1. The largest absolute Gasteiger partial charge is 0.354 e. The topological polar surface area (TPSA) is 59.3 Å². The van der Waals surface area contributed by atoms with Gasteiger partial charge in [-0.25, -0.2) is 4.79 Å². The molecular weight excluding hydrogens is 364 g/mol. The summed E-state index contributed by atoms with van der Waals surface area (Å²) in [5, 5.41) is 3.03. The van der Waals surface area contributed by atoms with Crippen LogP contribution in [0.1, 0.15) is 12.0 Å². The Balaban J connectivity index is 1.27. The van der Waals surface area contributed by atoms with Crippen molar-refractivity contribution in [3.8, 4) is 0 Å². The molecule has 1 unspecified atom stereocenters. The number of nitrogens with one attached hydrogen (secondary N) is 1. The summed E-state index contributed by atoms with van der Waals surface area (Å²) in [5.41, 5.74) is 2.84. The molecule has 1 fully saturated rings. The lowest BCUT2D eigenvalue weighted by atomic mass is 10.1. The van der Waals surface area contributed by atoms with Crippen LogP contribution in [0.5, 0.6) is 0 Å². The number of fused-ring (bicyclic) bond motifs is 1. The maximum atomic E-state index is 12.5. The van der Waals surface area contributed by atoms with Gasteiger partial charge in [-0.05, 0) is 43.0 Å². The van der Waals surface area contributed by atoms with Gasteiger partial charge in [0.15, 0.2) is 0 Å². The molecule has 1 amide bonds. The third kappa shape index (κ3) is 4.43. The lowest BCUT2D eigenvalue weighted by molar-refractivity contribution is -0.121. The summed E-state index contributed by atoms with van der Waals surface area (Å²) in [5.74, 6) is 0.366. The summed E-state index contributed by atoms with van der Waals surface area (Å²) >= 11 is 0. The fourth-order valence-corrected chi connectivity index (χ4v) is 4.19. The van der Waals surface area contributed by atoms with Gasteiger partial charge in [0.2, 0.25) is 5.91 Å². The maximum Gasteiger partial charge on any atom is 0.329 e. The molecule has 1 aliphatic rings.